The molecule has 1 unspecified atom stereocenters. The van der Waals surface area contributed by atoms with Gasteiger partial charge in [-0.1, -0.05) is 23.2 Å². The minimum atomic E-state index is -0.294. The first-order chi connectivity index (χ1) is 13.4. The van der Waals surface area contributed by atoms with Crippen molar-refractivity contribution in [2.75, 3.05) is 25.0 Å². The summed E-state index contributed by atoms with van der Waals surface area (Å²) in [7, 11) is 0. The molecule has 0 spiro atoms. The van der Waals surface area contributed by atoms with Crippen LogP contribution in [-0.4, -0.2) is 41.4 Å². The number of carbonyl (C=O) groups is 2. The number of likely N-dealkylation sites (tertiary alicyclic amines) is 1. The number of aromatic nitrogens is 1. The highest BCUT2D eigenvalue weighted by Gasteiger charge is 2.29. The predicted octanol–water partition coefficient (Wildman–Crippen LogP) is 4.41. The van der Waals surface area contributed by atoms with E-state index in [4.69, 9.17) is 27.9 Å². The number of hydrogen-bond donors (Lipinski definition) is 1. The fourth-order valence-corrected chi connectivity index (χ4v) is 3.48. The van der Waals surface area contributed by atoms with Crippen molar-refractivity contribution >= 4 is 56.8 Å². The van der Waals surface area contributed by atoms with Crippen molar-refractivity contribution in [3.63, 3.8) is 0 Å². The summed E-state index contributed by atoms with van der Waals surface area (Å²) in [5, 5.41) is 3.66. The normalized spacial score (nSPS) is 16.5. The molecule has 2 heterocycles. The quantitative estimate of drug-likeness (QED) is 0.679. The Labute approximate surface area is 181 Å². The van der Waals surface area contributed by atoms with Gasteiger partial charge in [-0.2, -0.15) is 0 Å². The molecular formula is C19H18BrCl2N3O3. The number of anilines is 1. The van der Waals surface area contributed by atoms with Gasteiger partial charge in [0.05, 0.1) is 10.9 Å². The number of halogens is 3. The van der Waals surface area contributed by atoms with Crippen molar-refractivity contribution in [2.24, 2.45) is 5.92 Å². The molecule has 2 amide bonds. The molecule has 1 N–H and O–H groups in total. The van der Waals surface area contributed by atoms with Crippen LogP contribution in [0.2, 0.25) is 10.0 Å². The zero-order valence-corrected chi connectivity index (χ0v) is 17.9. The molecule has 6 nitrogen and oxygen atoms in total. The summed E-state index contributed by atoms with van der Waals surface area (Å²) in [5.41, 5.74) is 0. The maximum atomic E-state index is 12.5. The van der Waals surface area contributed by atoms with Crippen molar-refractivity contribution in [3.05, 3.63) is 51.0 Å². The monoisotopic (exact) mass is 485 g/mol. The number of nitrogens with one attached hydrogen (secondary N) is 1. The third-order valence-electron chi connectivity index (χ3n) is 4.37. The lowest BCUT2D eigenvalue weighted by molar-refractivity contribution is -0.136. The first kappa shape index (κ1) is 20.9. The van der Waals surface area contributed by atoms with Gasteiger partial charge in [0.15, 0.2) is 6.61 Å². The van der Waals surface area contributed by atoms with Gasteiger partial charge in [0.1, 0.15) is 11.6 Å². The zero-order chi connectivity index (χ0) is 20.1. The molecule has 1 atom stereocenters. The molecule has 28 heavy (non-hydrogen) atoms. The summed E-state index contributed by atoms with van der Waals surface area (Å²) in [6, 6.07) is 8.34. The van der Waals surface area contributed by atoms with Crippen LogP contribution >= 0.6 is 39.1 Å². The van der Waals surface area contributed by atoms with E-state index >= 15 is 0 Å². The molecular weight excluding hydrogens is 469 g/mol. The smallest absolute Gasteiger partial charge is 0.260 e. The number of carbonyl (C=O) groups excluding carboxylic acids is 2. The van der Waals surface area contributed by atoms with E-state index in [-0.39, 0.29) is 24.3 Å². The van der Waals surface area contributed by atoms with Crippen LogP contribution in [0, 0.1) is 5.92 Å². The number of nitrogens with zero attached hydrogens (tertiary/aromatic N) is 2. The van der Waals surface area contributed by atoms with E-state index in [2.05, 4.69) is 26.2 Å². The molecule has 148 valence electrons. The van der Waals surface area contributed by atoms with Gasteiger partial charge in [-0.05, 0) is 53.0 Å². The first-order valence-corrected chi connectivity index (χ1v) is 10.3. The summed E-state index contributed by atoms with van der Waals surface area (Å²) in [4.78, 5) is 30.8. The molecule has 3 rings (SSSR count). The molecule has 0 bridgehead atoms. The van der Waals surface area contributed by atoms with Crippen LogP contribution in [0.5, 0.6) is 5.75 Å². The molecule has 0 radical (unpaired) electrons. The first-order valence-electron chi connectivity index (χ1n) is 8.70. The lowest BCUT2D eigenvalue weighted by Crippen LogP contribution is -2.45. The standard InChI is InChI=1S/C19H18BrCl2N3O3/c20-13-3-6-17(23-9-13)24-19(27)12-2-1-7-25(10-12)18(26)11-28-16-8-14(21)4-5-15(16)22/h3-6,8-9,12H,1-2,7,10-11H2,(H,23,24,27). The maximum Gasteiger partial charge on any atom is 0.260 e. The topological polar surface area (TPSA) is 71.5 Å². The van der Waals surface area contributed by atoms with Gasteiger partial charge in [-0.25, -0.2) is 4.98 Å². The highest BCUT2D eigenvalue weighted by Crippen LogP contribution is 2.28. The van der Waals surface area contributed by atoms with Gasteiger partial charge in [0.2, 0.25) is 5.91 Å². The number of pyridine rings is 1. The average molecular weight is 487 g/mol. The third kappa shape index (κ3) is 5.59. The second kappa shape index (κ2) is 9.58. The molecule has 0 saturated carbocycles. The lowest BCUT2D eigenvalue weighted by Gasteiger charge is -2.32. The van der Waals surface area contributed by atoms with Crippen molar-refractivity contribution in [3.8, 4) is 5.75 Å². The number of ether oxygens (including phenoxy) is 1. The van der Waals surface area contributed by atoms with Gasteiger partial charge in [-0.15, -0.1) is 0 Å². The summed E-state index contributed by atoms with van der Waals surface area (Å²) >= 11 is 15.3. The Morgan fingerprint density at radius 2 is 2.11 bits per heavy atom. The molecule has 9 heteroatoms. The van der Waals surface area contributed by atoms with E-state index in [0.717, 1.165) is 10.9 Å². The SMILES string of the molecule is O=C(Nc1ccc(Br)cn1)C1CCCN(C(=O)COc2cc(Cl)ccc2Cl)C1. The second-order valence-electron chi connectivity index (χ2n) is 6.39. The van der Waals surface area contributed by atoms with Crippen molar-refractivity contribution < 1.29 is 14.3 Å². The Hall–Kier alpha value is -1.83. The number of rotatable bonds is 5. The Morgan fingerprint density at radius 1 is 1.29 bits per heavy atom. The van der Waals surface area contributed by atoms with Gasteiger partial charge >= 0.3 is 0 Å². The minimum absolute atomic E-state index is 0.147. The molecule has 1 saturated heterocycles. The minimum Gasteiger partial charge on any atom is -0.482 e. The highest BCUT2D eigenvalue weighted by atomic mass is 79.9. The molecule has 0 aliphatic carbocycles. The van der Waals surface area contributed by atoms with E-state index in [0.29, 0.717) is 41.1 Å². The predicted molar refractivity (Wildman–Crippen MR) is 112 cm³/mol. The molecule has 1 aliphatic rings. The van der Waals surface area contributed by atoms with E-state index in [1.807, 2.05) is 0 Å². The van der Waals surface area contributed by atoms with Crippen molar-refractivity contribution in [1.82, 2.24) is 9.88 Å². The fourth-order valence-electron chi connectivity index (χ4n) is 2.91. The largest absolute Gasteiger partial charge is 0.482 e. The molecule has 1 aromatic carbocycles. The summed E-state index contributed by atoms with van der Waals surface area (Å²) in [6.45, 7) is 0.766. The van der Waals surface area contributed by atoms with Crippen LogP contribution in [0.4, 0.5) is 5.82 Å². The van der Waals surface area contributed by atoms with Crippen molar-refractivity contribution in [1.29, 1.82) is 0 Å². The van der Waals surface area contributed by atoms with E-state index < -0.39 is 0 Å². The van der Waals surface area contributed by atoms with Crippen LogP contribution in [0.1, 0.15) is 12.8 Å². The molecule has 1 aromatic heterocycles. The third-order valence-corrected chi connectivity index (χ3v) is 5.38. The number of benzene rings is 1. The van der Waals surface area contributed by atoms with Crippen LogP contribution in [0.15, 0.2) is 41.0 Å². The molecule has 1 aliphatic heterocycles. The van der Waals surface area contributed by atoms with Crippen LogP contribution in [0.25, 0.3) is 0 Å². The lowest BCUT2D eigenvalue weighted by atomic mass is 9.97. The highest BCUT2D eigenvalue weighted by molar-refractivity contribution is 9.10. The van der Waals surface area contributed by atoms with E-state index in [1.54, 1.807) is 41.4 Å². The summed E-state index contributed by atoms with van der Waals surface area (Å²) in [6.07, 6.45) is 3.08. The Bertz CT molecular complexity index is 864. The van der Waals surface area contributed by atoms with Crippen LogP contribution in [0.3, 0.4) is 0 Å². The second-order valence-corrected chi connectivity index (χ2v) is 8.15. The Balaban J connectivity index is 1.54. The van der Waals surface area contributed by atoms with Gasteiger partial charge in [0.25, 0.3) is 5.91 Å². The fraction of sp³-hybridized carbons (Fsp3) is 0.316. The van der Waals surface area contributed by atoms with Gasteiger partial charge < -0.3 is 15.0 Å². The summed E-state index contributed by atoms with van der Waals surface area (Å²) < 4.78 is 6.35. The van der Waals surface area contributed by atoms with Gasteiger partial charge in [0, 0.05) is 34.8 Å². The van der Waals surface area contributed by atoms with Crippen LogP contribution in [-0.2, 0) is 9.59 Å². The Kier molecular flexibility index (Phi) is 7.15. The molecule has 2 aromatic rings. The van der Waals surface area contributed by atoms with Crippen molar-refractivity contribution in [2.45, 2.75) is 12.8 Å². The summed E-state index contributed by atoms with van der Waals surface area (Å²) in [5.74, 6) is 0.199. The van der Waals surface area contributed by atoms with Crippen LogP contribution < -0.4 is 10.1 Å². The number of amides is 2. The van der Waals surface area contributed by atoms with Gasteiger partial charge in [-0.3, -0.25) is 9.59 Å². The number of hydrogen-bond acceptors (Lipinski definition) is 4. The van der Waals surface area contributed by atoms with E-state index in [1.165, 1.54) is 0 Å². The average Bonchev–Trinajstić information content (AvgIpc) is 2.70. The molecule has 1 fully saturated rings. The van der Waals surface area contributed by atoms with E-state index in [9.17, 15) is 9.59 Å². The maximum absolute atomic E-state index is 12.5. The Morgan fingerprint density at radius 3 is 2.86 bits per heavy atom. The zero-order valence-electron chi connectivity index (χ0n) is 14.8. The number of piperidine rings is 1.